The molecule has 1 aromatic rings. The first kappa shape index (κ1) is 14.3. The van der Waals surface area contributed by atoms with E-state index in [0.29, 0.717) is 13.0 Å². The lowest BCUT2D eigenvalue weighted by Crippen LogP contribution is -2.38. The van der Waals surface area contributed by atoms with Crippen LogP contribution in [0.1, 0.15) is 37.1 Å². The van der Waals surface area contributed by atoms with Gasteiger partial charge in [0.25, 0.3) is 5.91 Å². The number of carboxylic acid groups (broad SMARTS) is 1. The van der Waals surface area contributed by atoms with Crippen LogP contribution in [0.15, 0.2) is 16.5 Å². The fraction of sp³-hybridized carbons (Fsp3) is 0.538. The standard InChI is InChI=1S/C13H19NO4/c1-4-10-5-6-11(18-10)13(17)14(7-9(2)3)8-12(15)16/h5-6,9H,4,7-8H2,1-3H3,(H,15,16). The zero-order valence-corrected chi connectivity index (χ0v) is 11.0. The number of aryl methyl sites for hydroxylation is 1. The van der Waals surface area contributed by atoms with Crippen LogP contribution in [0.4, 0.5) is 0 Å². The van der Waals surface area contributed by atoms with Crippen LogP contribution in [0.25, 0.3) is 0 Å². The van der Waals surface area contributed by atoms with Gasteiger partial charge in [-0.3, -0.25) is 9.59 Å². The van der Waals surface area contributed by atoms with Crippen molar-refractivity contribution in [3.63, 3.8) is 0 Å². The fourth-order valence-electron chi connectivity index (χ4n) is 1.66. The lowest BCUT2D eigenvalue weighted by atomic mass is 10.2. The van der Waals surface area contributed by atoms with Crippen molar-refractivity contribution in [1.29, 1.82) is 0 Å². The molecule has 1 aromatic heterocycles. The number of amides is 1. The van der Waals surface area contributed by atoms with E-state index in [1.54, 1.807) is 12.1 Å². The van der Waals surface area contributed by atoms with E-state index in [1.165, 1.54) is 4.90 Å². The Morgan fingerprint density at radius 3 is 2.50 bits per heavy atom. The van der Waals surface area contributed by atoms with Gasteiger partial charge in [-0.15, -0.1) is 0 Å². The van der Waals surface area contributed by atoms with E-state index in [9.17, 15) is 9.59 Å². The SMILES string of the molecule is CCc1ccc(C(=O)N(CC(=O)O)CC(C)C)o1. The van der Waals surface area contributed by atoms with Gasteiger partial charge in [0.15, 0.2) is 5.76 Å². The highest BCUT2D eigenvalue weighted by molar-refractivity contribution is 5.93. The van der Waals surface area contributed by atoms with Gasteiger partial charge in [-0.1, -0.05) is 20.8 Å². The maximum Gasteiger partial charge on any atom is 0.323 e. The second kappa shape index (κ2) is 6.23. The fourth-order valence-corrected chi connectivity index (χ4v) is 1.66. The predicted molar refractivity (Wildman–Crippen MR) is 66.5 cm³/mol. The van der Waals surface area contributed by atoms with Crippen LogP contribution in [-0.2, 0) is 11.2 Å². The first-order valence-electron chi connectivity index (χ1n) is 6.03. The first-order chi connectivity index (χ1) is 8.43. The minimum absolute atomic E-state index is 0.203. The molecule has 1 heterocycles. The number of furan rings is 1. The molecule has 0 aliphatic heterocycles. The summed E-state index contributed by atoms with van der Waals surface area (Å²) in [5.41, 5.74) is 0. The third-order valence-corrected chi connectivity index (χ3v) is 2.42. The monoisotopic (exact) mass is 253 g/mol. The van der Waals surface area contributed by atoms with Crippen molar-refractivity contribution in [2.24, 2.45) is 5.92 Å². The van der Waals surface area contributed by atoms with Crippen LogP contribution in [0, 0.1) is 5.92 Å². The van der Waals surface area contributed by atoms with Gasteiger partial charge in [0, 0.05) is 13.0 Å². The zero-order valence-electron chi connectivity index (χ0n) is 11.0. The molecule has 1 rings (SSSR count). The second-order valence-electron chi connectivity index (χ2n) is 4.59. The van der Waals surface area contributed by atoms with Crippen LogP contribution in [0.2, 0.25) is 0 Å². The number of hydrogen-bond acceptors (Lipinski definition) is 3. The third-order valence-electron chi connectivity index (χ3n) is 2.42. The maximum atomic E-state index is 12.1. The summed E-state index contributed by atoms with van der Waals surface area (Å²) in [5.74, 6) is -0.266. The molecule has 0 aromatic carbocycles. The average molecular weight is 253 g/mol. The molecule has 0 atom stereocenters. The maximum absolute atomic E-state index is 12.1. The van der Waals surface area contributed by atoms with Crippen LogP contribution in [0.3, 0.4) is 0 Å². The summed E-state index contributed by atoms with van der Waals surface area (Å²) in [6, 6.07) is 3.33. The summed E-state index contributed by atoms with van der Waals surface area (Å²) in [4.78, 5) is 24.2. The van der Waals surface area contributed by atoms with E-state index in [4.69, 9.17) is 9.52 Å². The molecule has 0 radical (unpaired) electrons. The van der Waals surface area contributed by atoms with Crippen LogP contribution < -0.4 is 0 Å². The highest BCUT2D eigenvalue weighted by Gasteiger charge is 2.22. The van der Waals surface area contributed by atoms with E-state index in [0.717, 1.165) is 5.76 Å². The Kier molecular flexibility index (Phi) is 4.95. The molecule has 0 unspecified atom stereocenters. The number of carbonyl (C=O) groups is 2. The largest absolute Gasteiger partial charge is 0.480 e. The van der Waals surface area contributed by atoms with Crippen LogP contribution in [-0.4, -0.2) is 35.0 Å². The molecule has 0 saturated carbocycles. The molecular formula is C13H19NO4. The third kappa shape index (κ3) is 3.91. The van der Waals surface area contributed by atoms with E-state index >= 15 is 0 Å². The molecule has 0 fully saturated rings. The van der Waals surface area contributed by atoms with Gasteiger partial charge in [-0.25, -0.2) is 0 Å². The van der Waals surface area contributed by atoms with Gasteiger partial charge >= 0.3 is 5.97 Å². The number of hydrogen-bond donors (Lipinski definition) is 1. The van der Waals surface area contributed by atoms with Crippen molar-refractivity contribution in [3.8, 4) is 0 Å². The zero-order chi connectivity index (χ0) is 13.7. The van der Waals surface area contributed by atoms with Crippen molar-refractivity contribution in [3.05, 3.63) is 23.7 Å². The molecule has 0 aliphatic carbocycles. The molecule has 0 aliphatic rings. The summed E-state index contributed by atoms with van der Waals surface area (Å²) in [5, 5.41) is 8.82. The van der Waals surface area contributed by atoms with Gasteiger partial charge in [0.2, 0.25) is 0 Å². The van der Waals surface area contributed by atoms with Crippen molar-refractivity contribution < 1.29 is 19.1 Å². The molecule has 0 saturated heterocycles. The van der Waals surface area contributed by atoms with Crippen molar-refractivity contribution in [1.82, 2.24) is 4.90 Å². The van der Waals surface area contributed by atoms with E-state index in [2.05, 4.69) is 0 Å². The van der Waals surface area contributed by atoms with E-state index in [1.807, 2.05) is 20.8 Å². The Morgan fingerprint density at radius 2 is 2.06 bits per heavy atom. The summed E-state index contributed by atoms with van der Waals surface area (Å²) >= 11 is 0. The molecule has 1 N–H and O–H groups in total. The predicted octanol–water partition coefficient (Wildman–Crippen LogP) is 2.02. The average Bonchev–Trinajstić information content (AvgIpc) is 2.74. The minimum Gasteiger partial charge on any atom is -0.480 e. The lowest BCUT2D eigenvalue weighted by Gasteiger charge is -2.21. The summed E-state index contributed by atoms with van der Waals surface area (Å²) in [7, 11) is 0. The highest BCUT2D eigenvalue weighted by atomic mass is 16.4. The van der Waals surface area contributed by atoms with E-state index < -0.39 is 5.97 Å². The highest BCUT2D eigenvalue weighted by Crippen LogP contribution is 2.12. The molecule has 1 amide bonds. The quantitative estimate of drug-likeness (QED) is 0.842. The lowest BCUT2D eigenvalue weighted by molar-refractivity contribution is -0.137. The molecule has 5 heteroatoms. The normalized spacial score (nSPS) is 10.7. The van der Waals surface area contributed by atoms with Crippen LogP contribution >= 0.6 is 0 Å². The van der Waals surface area contributed by atoms with E-state index in [-0.39, 0.29) is 24.1 Å². The minimum atomic E-state index is -1.02. The Bertz CT molecular complexity index is 422. The molecule has 18 heavy (non-hydrogen) atoms. The Hall–Kier alpha value is -1.78. The molecule has 0 bridgehead atoms. The van der Waals surface area contributed by atoms with Crippen molar-refractivity contribution >= 4 is 11.9 Å². The Morgan fingerprint density at radius 1 is 1.39 bits per heavy atom. The van der Waals surface area contributed by atoms with Gasteiger partial charge in [-0.2, -0.15) is 0 Å². The van der Waals surface area contributed by atoms with Gasteiger partial charge < -0.3 is 14.4 Å². The van der Waals surface area contributed by atoms with Gasteiger partial charge in [0.1, 0.15) is 12.3 Å². The summed E-state index contributed by atoms with van der Waals surface area (Å²) in [6.07, 6.45) is 0.705. The van der Waals surface area contributed by atoms with Gasteiger partial charge in [0.05, 0.1) is 0 Å². The first-order valence-corrected chi connectivity index (χ1v) is 6.03. The number of rotatable bonds is 6. The number of nitrogens with zero attached hydrogens (tertiary/aromatic N) is 1. The molecule has 100 valence electrons. The topological polar surface area (TPSA) is 70.8 Å². The van der Waals surface area contributed by atoms with Gasteiger partial charge in [-0.05, 0) is 18.1 Å². The molecule has 0 spiro atoms. The smallest absolute Gasteiger partial charge is 0.323 e. The number of carbonyl (C=O) groups excluding carboxylic acids is 1. The Labute approximate surface area is 106 Å². The summed E-state index contributed by atoms with van der Waals surface area (Å²) in [6.45, 7) is 5.88. The van der Waals surface area contributed by atoms with Crippen molar-refractivity contribution in [2.45, 2.75) is 27.2 Å². The second-order valence-corrected chi connectivity index (χ2v) is 4.59. The van der Waals surface area contributed by atoms with Crippen LogP contribution in [0.5, 0.6) is 0 Å². The van der Waals surface area contributed by atoms with Crippen molar-refractivity contribution in [2.75, 3.05) is 13.1 Å². The Balaban J connectivity index is 2.83. The number of carboxylic acids is 1. The molecule has 5 nitrogen and oxygen atoms in total. The number of aliphatic carboxylic acids is 1. The molecular weight excluding hydrogens is 234 g/mol. The summed E-state index contributed by atoms with van der Waals surface area (Å²) < 4.78 is 5.35.